The molecule has 0 aromatic rings. The molecule has 5 nitrogen and oxygen atoms in total. The van der Waals surface area contributed by atoms with Crippen LogP contribution in [0.5, 0.6) is 0 Å². The van der Waals surface area contributed by atoms with E-state index in [1.165, 1.54) is 0 Å². The third-order valence-corrected chi connectivity index (χ3v) is 2.64. The van der Waals surface area contributed by atoms with Crippen molar-refractivity contribution in [2.24, 2.45) is 0 Å². The van der Waals surface area contributed by atoms with Crippen molar-refractivity contribution in [3.8, 4) is 0 Å². The minimum atomic E-state index is -0.134. The number of carbonyl (C=O) groups is 2. The van der Waals surface area contributed by atoms with E-state index >= 15 is 0 Å². The first-order valence-corrected chi connectivity index (χ1v) is 6.43. The van der Waals surface area contributed by atoms with Gasteiger partial charge in [0.2, 0.25) is 5.91 Å². The highest BCUT2D eigenvalue weighted by molar-refractivity contribution is 5.97. The highest BCUT2D eigenvalue weighted by Gasteiger charge is 2.16. The first kappa shape index (κ1) is 17.1. The lowest BCUT2D eigenvalue weighted by molar-refractivity contribution is -0.136. The van der Waals surface area contributed by atoms with Gasteiger partial charge in [-0.3, -0.25) is 9.59 Å². The maximum atomic E-state index is 11.9. The van der Waals surface area contributed by atoms with Crippen molar-refractivity contribution < 1.29 is 19.1 Å². The van der Waals surface area contributed by atoms with Crippen LogP contribution in [0.1, 0.15) is 32.6 Å². The number of nitrogens with zero attached hydrogens (tertiary/aromatic N) is 1. The number of ketones is 1. The molecule has 0 N–H and O–H groups in total. The Morgan fingerprint density at radius 1 is 1.06 bits per heavy atom. The first-order chi connectivity index (χ1) is 8.65. The third kappa shape index (κ3) is 8.20. The van der Waals surface area contributed by atoms with E-state index in [2.05, 4.69) is 0 Å². The van der Waals surface area contributed by atoms with E-state index in [9.17, 15) is 9.59 Å². The standard InChI is InChI=1S/C13H25NO4/c1-4-5-6-12(15)11-13(16)14(7-9-17-2)8-10-18-3/h4-11H2,1-3H3. The zero-order valence-corrected chi connectivity index (χ0v) is 11.7. The minimum absolute atomic E-state index is 0.00652. The Labute approximate surface area is 109 Å². The molecule has 5 heteroatoms. The molecule has 0 bridgehead atoms. The highest BCUT2D eigenvalue weighted by atomic mass is 16.5. The largest absolute Gasteiger partial charge is 0.383 e. The van der Waals surface area contributed by atoms with Crippen molar-refractivity contribution >= 4 is 11.7 Å². The van der Waals surface area contributed by atoms with Gasteiger partial charge in [-0.2, -0.15) is 0 Å². The number of rotatable bonds is 11. The van der Waals surface area contributed by atoms with Crippen molar-refractivity contribution in [2.75, 3.05) is 40.5 Å². The molecular formula is C13H25NO4. The summed E-state index contributed by atoms with van der Waals surface area (Å²) >= 11 is 0. The third-order valence-electron chi connectivity index (χ3n) is 2.64. The normalized spacial score (nSPS) is 10.4. The summed E-state index contributed by atoms with van der Waals surface area (Å²) in [5, 5.41) is 0. The summed E-state index contributed by atoms with van der Waals surface area (Å²) in [6.45, 7) is 3.97. The molecule has 18 heavy (non-hydrogen) atoms. The Balaban J connectivity index is 4.13. The molecule has 0 aliphatic heterocycles. The first-order valence-electron chi connectivity index (χ1n) is 6.43. The van der Waals surface area contributed by atoms with Crippen molar-refractivity contribution in [1.29, 1.82) is 0 Å². The quantitative estimate of drug-likeness (QED) is 0.524. The number of ether oxygens (including phenoxy) is 2. The van der Waals surface area contributed by atoms with Gasteiger partial charge >= 0.3 is 0 Å². The van der Waals surface area contributed by atoms with Gasteiger partial charge in [-0.15, -0.1) is 0 Å². The maximum Gasteiger partial charge on any atom is 0.230 e. The van der Waals surface area contributed by atoms with Crippen molar-refractivity contribution in [1.82, 2.24) is 4.90 Å². The number of hydrogen-bond acceptors (Lipinski definition) is 4. The van der Waals surface area contributed by atoms with Gasteiger partial charge in [-0.1, -0.05) is 13.3 Å². The molecule has 0 atom stereocenters. The van der Waals surface area contributed by atoms with Crippen molar-refractivity contribution in [3.05, 3.63) is 0 Å². The number of amides is 1. The second kappa shape index (κ2) is 11.2. The summed E-state index contributed by atoms with van der Waals surface area (Å²) in [7, 11) is 3.18. The van der Waals surface area contributed by atoms with Gasteiger partial charge in [0.05, 0.1) is 19.6 Å². The van der Waals surface area contributed by atoms with Crippen LogP contribution < -0.4 is 0 Å². The molecule has 0 saturated heterocycles. The molecule has 0 fully saturated rings. The monoisotopic (exact) mass is 259 g/mol. The summed E-state index contributed by atoms with van der Waals surface area (Å²) in [6.07, 6.45) is 2.30. The van der Waals surface area contributed by atoms with Gasteiger partial charge in [0.25, 0.3) is 0 Å². The number of carbonyl (C=O) groups excluding carboxylic acids is 2. The zero-order valence-electron chi connectivity index (χ0n) is 11.7. The molecule has 0 heterocycles. The fourth-order valence-electron chi connectivity index (χ4n) is 1.51. The van der Waals surface area contributed by atoms with E-state index in [0.717, 1.165) is 12.8 Å². The Hall–Kier alpha value is -0.940. The molecule has 1 amide bonds. The Kier molecular flexibility index (Phi) is 10.6. The highest BCUT2D eigenvalue weighted by Crippen LogP contribution is 2.02. The van der Waals surface area contributed by atoms with Crippen LogP contribution in [0.2, 0.25) is 0 Å². The second-order valence-corrected chi connectivity index (χ2v) is 4.19. The average Bonchev–Trinajstić information content (AvgIpc) is 2.36. The minimum Gasteiger partial charge on any atom is -0.383 e. The molecule has 0 aromatic carbocycles. The Morgan fingerprint density at radius 3 is 2.06 bits per heavy atom. The summed E-state index contributed by atoms with van der Waals surface area (Å²) in [5.41, 5.74) is 0. The molecule has 0 aliphatic rings. The molecule has 0 saturated carbocycles. The van der Waals surface area contributed by atoms with Crippen molar-refractivity contribution in [2.45, 2.75) is 32.6 Å². The van der Waals surface area contributed by atoms with Crippen LogP contribution in [0.3, 0.4) is 0 Å². The van der Waals surface area contributed by atoms with Gasteiger partial charge in [-0.05, 0) is 6.42 Å². The summed E-state index contributed by atoms with van der Waals surface area (Å²) in [6, 6.07) is 0. The van der Waals surface area contributed by atoms with E-state index in [4.69, 9.17) is 9.47 Å². The molecule has 0 spiro atoms. The molecule has 0 radical (unpaired) electrons. The van der Waals surface area contributed by atoms with Gasteiger partial charge in [0.15, 0.2) is 0 Å². The lowest BCUT2D eigenvalue weighted by Gasteiger charge is -2.21. The van der Waals surface area contributed by atoms with E-state index in [1.807, 2.05) is 6.92 Å². The van der Waals surface area contributed by atoms with E-state index in [0.29, 0.717) is 32.7 Å². The van der Waals surface area contributed by atoms with Gasteiger partial charge in [-0.25, -0.2) is 0 Å². The lowest BCUT2D eigenvalue weighted by Crippen LogP contribution is -2.37. The fraction of sp³-hybridized carbons (Fsp3) is 0.846. The molecular weight excluding hydrogens is 234 g/mol. The zero-order chi connectivity index (χ0) is 13.8. The van der Waals surface area contributed by atoms with E-state index in [-0.39, 0.29) is 18.1 Å². The van der Waals surface area contributed by atoms with E-state index < -0.39 is 0 Å². The second-order valence-electron chi connectivity index (χ2n) is 4.19. The van der Waals surface area contributed by atoms with Gasteiger partial charge in [0, 0.05) is 33.7 Å². The molecule has 0 aliphatic carbocycles. The molecule has 0 rings (SSSR count). The summed E-state index contributed by atoms with van der Waals surface area (Å²) < 4.78 is 9.91. The number of Topliss-reactive ketones (excluding diaryl/α,β-unsaturated/α-hetero) is 1. The number of hydrogen-bond donors (Lipinski definition) is 0. The van der Waals surface area contributed by atoms with Crippen LogP contribution in [0.25, 0.3) is 0 Å². The number of methoxy groups -OCH3 is 2. The Morgan fingerprint density at radius 2 is 1.61 bits per heavy atom. The van der Waals surface area contributed by atoms with Crippen LogP contribution in [-0.4, -0.2) is 57.1 Å². The molecule has 0 aromatic heterocycles. The van der Waals surface area contributed by atoms with Gasteiger partial charge < -0.3 is 14.4 Å². The van der Waals surface area contributed by atoms with Crippen LogP contribution in [0.4, 0.5) is 0 Å². The number of unbranched alkanes of at least 4 members (excludes halogenated alkanes) is 1. The maximum absolute atomic E-state index is 11.9. The fourth-order valence-corrected chi connectivity index (χ4v) is 1.51. The predicted molar refractivity (Wildman–Crippen MR) is 69.5 cm³/mol. The van der Waals surface area contributed by atoms with Crippen LogP contribution in [-0.2, 0) is 19.1 Å². The van der Waals surface area contributed by atoms with E-state index in [1.54, 1.807) is 19.1 Å². The van der Waals surface area contributed by atoms with Crippen LogP contribution in [0, 0.1) is 0 Å². The topological polar surface area (TPSA) is 55.8 Å². The predicted octanol–water partition coefficient (Wildman–Crippen LogP) is 1.26. The van der Waals surface area contributed by atoms with Crippen LogP contribution in [0.15, 0.2) is 0 Å². The van der Waals surface area contributed by atoms with Gasteiger partial charge in [0.1, 0.15) is 5.78 Å². The molecule has 106 valence electrons. The molecule has 0 unspecified atom stereocenters. The average molecular weight is 259 g/mol. The summed E-state index contributed by atoms with van der Waals surface area (Å²) in [5.74, 6) is -0.119. The summed E-state index contributed by atoms with van der Waals surface area (Å²) in [4.78, 5) is 25.1. The SMILES string of the molecule is CCCCC(=O)CC(=O)N(CCOC)CCOC. The van der Waals surface area contributed by atoms with Crippen molar-refractivity contribution in [3.63, 3.8) is 0 Å². The van der Waals surface area contributed by atoms with Crippen LogP contribution >= 0.6 is 0 Å². The Bertz CT molecular complexity index is 235. The lowest BCUT2D eigenvalue weighted by atomic mass is 10.1. The smallest absolute Gasteiger partial charge is 0.230 e.